The first kappa shape index (κ1) is 43.2. The predicted octanol–water partition coefficient (Wildman–Crippen LogP) is 4.77. The maximum Gasteiger partial charge on any atom is 0.282 e. The molecule has 4 atom stereocenters. The molecule has 0 saturated carbocycles. The van der Waals surface area contributed by atoms with Crippen molar-refractivity contribution in [2.24, 2.45) is 0 Å². The first-order valence-corrected chi connectivity index (χ1v) is 20.5. The average molecular weight is 763 g/mol. The van der Waals surface area contributed by atoms with Gasteiger partial charge in [0.05, 0.1) is 61.6 Å². The number of ether oxygens (including phenoxy) is 2. The molecule has 2 amide bonds. The Bertz CT molecular complexity index is 1660. The minimum Gasteiger partial charge on any atom is -0.496 e. The molecule has 0 aliphatic carbocycles. The zero-order chi connectivity index (χ0) is 40.0. The Kier molecular flexibility index (Phi) is 14.5. The van der Waals surface area contributed by atoms with Crippen LogP contribution in [-0.2, 0) is 4.43 Å². The number of methoxy groups -OCH3 is 2. The number of hydrogen-bond donors (Lipinski definition) is 3. The molecule has 2 aliphatic rings. The summed E-state index contributed by atoms with van der Waals surface area (Å²) in [5, 5.41) is 52.2. The third-order valence-corrected chi connectivity index (χ3v) is 14.9. The van der Waals surface area contributed by atoms with E-state index in [-0.39, 0.29) is 53.2 Å². The van der Waals surface area contributed by atoms with Crippen LogP contribution >= 0.6 is 0 Å². The quantitative estimate of drug-likeness (QED) is 0.170. The molecule has 0 aromatic heterocycles. The molecule has 17 heteroatoms. The number of piperidine rings is 2. The number of aryl methyl sites for hydroxylation is 2. The fraction of sp³-hybridized carbons (Fsp3) is 0.611. The molecular weight excluding hydrogens is 708 g/mol. The maximum absolute atomic E-state index is 13.4. The Hall–Kier alpha value is -4.16. The Morgan fingerprint density at radius 3 is 1.57 bits per heavy atom. The lowest BCUT2D eigenvalue weighted by Crippen LogP contribution is -2.52. The van der Waals surface area contributed by atoms with E-state index in [0.29, 0.717) is 55.0 Å². The summed E-state index contributed by atoms with van der Waals surface area (Å²) < 4.78 is 16.7. The van der Waals surface area contributed by atoms with E-state index in [1.807, 2.05) is 0 Å². The van der Waals surface area contributed by atoms with Gasteiger partial charge in [-0.3, -0.25) is 29.8 Å². The van der Waals surface area contributed by atoms with Crippen LogP contribution in [-0.4, -0.2) is 120 Å². The van der Waals surface area contributed by atoms with Crippen LogP contribution in [0.5, 0.6) is 11.5 Å². The minimum atomic E-state index is -2.05. The average Bonchev–Trinajstić information content (AvgIpc) is 3.09. The number of benzene rings is 2. The molecule has 0 spiro atoms. The van der Waals surface area contributed by atoms with Crippen molar-refractivity contribution in [3.8, 4) is 11.5 Å². The molecule has 294 valence electrons. The summed E-state index contributed by atoms with van der Waals surface area (Å²) in [5.41, 5.74) is 0.532. The number of amides is 2. The van der Waals surface area contributed by atoms with E-state index < -0.39 is 48.2 Å². The van der Waals surface area contributed by atoms with Gasteiger partial charge in [0.25, 0.3) is 23.2 Å². The van der Waals surface area contributed by atoms with Gasteiger partial charge in [0.2, 0.25) is 0 Å². The number of rotatable bonds is 10. The molecule has 2 aliphatic heterocycles. The minimum absolute atomic E-state index is 0.00355. The van der Waals surface area contributed by atoms with E-state index in [0.717, 1.165) is 0 Å². The number of hydrogen-bond acceptors (Lipinski definition) is 12. The highest BCUT2D eigenvalue weighted by Gasteiger charge is 2.41. The predicted molar refractivity (Wildman–Crippen MR) is 199 cm³/mol. The number of aliphatic hydroxyl groups is 3. The van der Waals surface area contributed by atoms with Crippen LogP contribution < -0.4 is 9.47 Å². The molecule has 2 aromatic carbocycles. The van der Waals surface area contributed by atoms with Gasteiger partial charge in [-0.05, 0) is 68.8 Å². The van der Waals surface area contributed by atoms with Gasteiger partial charge in [0.15, 0.2) is 8.32 Å². The van der Waals surface area contributed by atoms with Crippen molar-refractivity contribution < 1.29 is 48.7 Å². The molecule has 3 N–H and O–H groups in total. The molecule has 0 unspecified atom stereocenters. The van der Waals surface area contributed by atoms with E-state index >= 15 is 0 Å². The molecule has 2 saturated heterocycles. The number of nitro groups is 2. The van der Waals surface area contributed by atoms with Gasteiger partial charge < -0.3 is 39.0 Å². The first-order valence-electron chi connectivity index (χ1n) is 17.6. The molecule has 0 bridgehead atoms. The largest absolute Gasteiger partial charge is 0.496 e. The smallest absolute Gasteiger partial charge is 0.282 e. The van der Waals surface area contributed by atoms with E-state index in [1.54, 1.807) is 18.7 Å². The fourth-order valence-electron chi connectivity index (χ4n) is 6.19. The van der Waals surface area contributed by atoms with Crippen molar-refractivity contribution in [3.63, 3.8) is 0 Å². The Labute approximate surface area is 311 Å². The standard InChI is InChI=1S/C21H34N2O6Si.C15H20N2O6/c1-14-10-18(23(26)27)17(12-19(14)28-5)20(25)22-9-8-16(24)11-15(22)13-29-30(6,7)21(2,3)4;1-9-5-13(17(21)22)12(7-14(9)23-2)15(20)16-4-3-11(19)6-10(16)8-18/h10,12,15-16,24H,8-9,11,13H2,1-7H3;5,7,10-11,18-19H,3-4,6,8H2,1-2H3/t15-,16-;10-,11-/m00/s1. The second-order valence-electron chi connectivity index (χ2n) is 15.1. The highest BCUT2D eigenvalue weighted by atomic mass is 28.4. The topological polar surface area (TPSA) is 215 Å². The van der Waals surface area contributed by atoms with Crippen molar-refractivity contribution >= 4 is 31.5 Å². The highest BCUT2D eigenvalue weighted by Crippen LogP contribution is 2.38. The van der Waals surface area contributed by atoms with Crippen molar-refractivity contribution in [2.45, 2.75) is 103 Å². The van der Waals surface area contributed by atoms with Gasteiger partial charge in [-0.25, -0.2) is 0 Å². The third-order valence-electron chi connectivity index (χ3n) is 10.4. The van der Waals surface area contributed by atoms with E-state index in [2.05, 4.69) is 33.9 Å². The van der Waals surface area contributed by atoms with Crippen LogP contribution in [0, 0.1) is 34.1 Å². The lowest BCUT2D eigenvalue weighted by atomic mass is 9.98. The number of carbonyl (C=O) groups excluding carboxylic acids is 2. The van der Waals surface area contributed by atoms with Crippen molar-refractivity contribution in [1.29, 1.82) is 0 Å². The number of aliphatic hydroxyl groups excluding tert-OH is 3. The van der Waals surface area contributed by atoms with Gasteiger partial charge >= 0.3 is 0 Å². The number of nitrogens with zero attached hydrogens (tertiary/aromatic N) is 4. The van der Waals surface area contributed by atoms with Crippen LogP contribution in [0.15, 0.2) is 24.3 Å². The number of likely N-dealkylation sites (tertiary alicyclic amines) is 2. The summed E-state index contributed by atoms with van der Waals surface area (Å²) >= 11 is 0. The molecule has 4 rings (SSSR count). The first-order chi connectivity index (χ1) is 24.7. The fourth-order valence-corrected chi connectivity index (χ4v) is 7.23. The van der Waals surface area contributed by atoms with E-state index in [9.17, 15) is 45.1 Å². The zero-order valence-electron chi connectivity index (χ0n) is 32.1. The molecule has 2 heterocycles. The van der Waals surface area contributed by atoms with Gasteiger partial charge in [-0.1, -0.05) is 20.8 Å². The lowest BCUT2D eigenvalue weighted by Gasteiger charge is -2.42. The molecule has 16 nitrogen and oxygen atoms in total. The van der Waals surface area contributed by atoms with Crippen LogP contribution in [0.2, 0.25) is 18.1 Å². The van der Waals surface area contributed by atoms with Gasteiger partial charge in [0.1, 0.15) is 22.6 Å². The number of carbonyl (C=O) groups is 2. The van der Waals surface area contributed by atoms with Gasteiger partial charge in [-0.2, -0.15) is 0 Å². The SMILES string of the molecule is COc1cc(C(=O)N2CC[C@H](O)C[C@H]2CO)c([N+](=O)[O-])cc1C.COc1cc(C(=O)N2CC[C@H](O)C[C@H]2CO[Si](C)(C)C(C)(C)C)c([N+](=O)[O-])cc1C. The van der Waals surface area contributed by atoms with E-state index in [4.69, 9.17) is 13.9 Å². The van der Waals surface area contributed by atoms with Crippen LogP contribution in [0.3, 0.4) is 0 Å². The summed E-state index contributed by atoms with van der Waals surface area (Å²) in [7, 11) is 0.841. The second-order valence-corrected chi connectivity index (χ2v) is 19.9. The summed E-state index contributed by atoms with van der Waals surface area (Å²) in [6.07, 6.45) is 0.331. The molecule has 0 radical (unpaired) electrons. The number of nitro benzene ring substituents is 2. The van der Waals surface area contributed by atoms with Crippen molar-refractivity contribution in [2.75, 3.05) is 40.5 Å². The third kappa shape index (κ3) is 10.3. The van der Waals surface area contributed by atoms with Gasteiger partial charge in [-0.15, -0.1) is 0 Å². The monoisotopic (exact) mass is 762 g/mol. The van der Waals surface area contributed by atoms with Crippen molar-refractivity contribution in [3.05, 3.63) is 66.7 Å². The highest BCUT2D eigenvalue weighted by molar-refractivity contribution is 6.74. The Morgan fingerprint density at radius 1 is 0.811 bits per heavy atom. The van der Waals surface area contributed by atoms with Crippen LogP contribution in [0.25, 0.3) is 0 Å². The summed E-state index contributed by atoms with van der Waals surface area (Å²) in [6, 6.07) is 4.56. The second kappa shape index (κ2) is 17.8. The molecular formula is C36H54N4O12Si. The summed E-state index contributed by atoms with van der Waals surface area (Å²) in [4.78, 5) is 50.8. The molecule has 2 fully saturated rings. The van der Waals surface area contributed by atoms with E-state index in [1.165, 1.54) is 43.4 Å². The van der Waals surface area contributed by atoms with Crippen LogP contribution in [0.1, 0.15) is 78.3 Å². The normalized spacial score (nSPS) is 20.6. The zero-order valence-corrected chi connectivity index (χ0v) is 33.1. The lowest BCUT2D eigenvalue weighted by molar-refractivity contribution is -0.385. The van der Waals surface area contributed by atoms with Crippen molar-refractivity contribution in [1.82, 2.24) is 9.80 Å². The molecule has 53 heavy (non-hydrogen) atoms. The summed E-state index contributed by atoms with van der Waals surface area (Å²) in [6.45, 7) is 14.6. The Morgan fingerprint density at radius 2 is 1.21 bits per heavy atom. The van der Waals surface area contributed by atoms with Crippen LogP contribution in [0.4, 0.5) is 11.4 Å². The van der Waals surface area contributed by atoms with Gasteiger partial charge in [0, 0.05) is 37.4 Å². The maximum atomic E-state index is 13.4. The summed E-state index contributed by atoms with van der Waals surface area (Å²) in [5.74, 6) is -0.164. The Balaban J connectivity index is 0.000000295. The molecule has 2 aromatic rings.